The number of carbonyl (C=O) groups is 1. The molecule has 0 unspecified atom stereocenters. The summed E-state index contributed by atoms with van der Waals surface area (Å²) in [6.07, 6.45) is 2.78. The molecule has 0 aliphatic heterocycles. The molecule has 1 aromatic rings. The summed E-state index contributed by atoms with van der Waals surface area (Å²) in [5, 5.41) is 9.35. The van der Waals surface area contributed by atoms with Crippen molar-refractivity contribution in [2.24, 2.45) is 0 Å². The van der Waals surface area contributed by atoms with Gasteiger partial charge in [0.1, 0.15) is 0 Å². The van der Waals surface area contributed by atoms with Crippen molar-refractivity contribution in [3.63, 3.8) is 0 Å². The van der Waals surface area contributed by atoms with Crippen molar-refractivity contribution in [3.8, 4) is 0 Å². The van der Waals surface area contributed by atoms with Crippen LogP contribution in [0.15, 0.2) is 24.3 Å². The summed E-state index contributed by atoms with van der Waals surface area (Å²) in [5.41, 5.74) is 2.86. The van der Waals surface area contributed by atoms with Crippen molar-refractivity contribution in [2.45, 2.75) is 12.8 Å². The molecule has 0 amide bonds. The van der Waals surface area contributed by atoms with Gasteiger partial charge in [0.25, 0.3) is 0 Å². The molecule has 72 valence electrons. The van der Waals surface area contributed by atoms with Crippen molar-refractivity contribution in [1.29, 1.82) is 0 Å². The molecule has 2 rings (SSSR count). The van der Waals surface area contributed by atoms with E-state index >= 15 is 0 Å². The topological polar surface area (TPSA) is 37.3 Å². The van der Waals surface area contributed by atoms with E-state index in [1.807, 2.05) is 18.2 Å². The Labute approximate surface area is 86.8 Å². The fraction of sp³-hybridized carbons (Fsp3) is 0.182. The van der Waals surface area contributed by atoms with Gasteiger partial charge in [0.15, 0.2) is 0 Å². The number of carboxylic acid groups (broad SMARTS) is 1. The van der Waals surface area contributed by atoms with Crippen LogP contribution in [0, 0.1) is 0 Å². The van der Waals surface area contributed by atoms with E-state index in [9.17, 15) is 4.79 Å². The number of hydrogen-bond acceptors (Lipinski definition) is 1. The van der Waals surface area contributed by atoms with Crippen LogP contribution in [0.4, 0.5) is 0 Å². The lowest BCUT2D eigenvalue weighted by Gasteiger charge is -2.05. The zero-order chi connectivity index (χ0) is 10.1. The predicted molar refractivity (Wildman–Crippen MR) is 55.4 cm³/mol. The molecule has 0 saturated heterocycles. The van der Waals surface area contributed by atoms with Crippen LogP contribution in [-0.2, 0) is 11.2 Å². The van der Waals surface area contributed by atoms with Gasteiger partial charge in [-0.1, -0.05) is 29.8 Å². The molecular formula is C11H9ClO2. The Morgan fingerprint density at radius 1 is 1.50 bits per heavy atom. The molecule has 0 heterocycles. The van der Waals surface area contributed by atoms with Crippen molar-refractivity contribution >= 4 is 23.1 Å². The van der Waals surface area contributed by atoms with Gasteiger partial charge in [0, 0.05) is 10.6 Å². The highest BCUT2D eigenvalue weighted by atomic mass is 35.5. The van der Waals surface area contributed by atoms with Gasteiger partial charge < -0.3 is 5.11 Å². The largest absolute Gasteiger partial charge is 0.481 e. The Kier molecular flexibility index (Phi) is 2.30. The summed E-state index contributed by atoms with van der Waals surface area (Å²) in [6.45, 7) is 0. The van der Waals surface area contributed by atoms with Gasteiger partial charge in [-0.15, -0.1) is 0 Å². The first kappa shape index (κ1) is 9.28. The molecular weight excluding hydrogens is 200 g/mol. The van der Waals surface area contributed by atoms with Gasteiger partial charge in [-0.2, -0.15) is 0 Å². The van der Waals surface area contributed by atoms with E-state index < -0.39 is 5.97 Å². The third-order valence-electron chi connectivity index (χ3n) is 2.33. The smallest absolute Gasteiger partial charge is 0.307 e. The summed E-state index contributed by atoms with van der Waals surface area (Å²) < 4.78 is 0. The normalized spacial score (nSPS) is 13.6. The second kappa shape index (κ2) is 3.46. The van der Waals surface area contributed by atoms with Crippen LogP contribution in [0.1, 0.15) is 17.5 Å². The number of carboxylic acids is 1. The lowest BCUT2D eigenvalue weighted by atomic mass is 10.0. The van der Waals surface area contributed by atoms with Crippen LogP contribution in [0.25, 0.3) is 5.57 Å². The van der Waals surface area contributed by atoms with E-state index in [0.717, 1.165) is 23.1 Å². The average Bonchev–Trinajstić information content (AvgIpc) is 2.49. The van der Waals surface area contributed by atoms with Crippen molar-refractivity contribution in [3.05, 3.63) is 40.4 Å². The zero-order valence-corrected chi connectivity index (χ0v) is 8.21. The van der Waals surface area contributed by atoms with Crippen LogP contribution in [0.5, 0.6) is 0 Å². The third kappa shape index (κ3) is 1.53. The minimum absolute atomic E-state index is 0.0523. The Balaban J connectivity index is 2.40. The Hall–Kier alpha value is -1.28. The highest BCUT2D eigenvalue weighted by Gasteiger charge is 2.18. The summed E-state index contributed by atoms with van der Waals surface area (Å²) >= 11 is 6.01. The van der Waals surface area contributed by atoms with Gasteiger partial charge in [-0.05, 0) is 23.6 Å². The number of rotatable bonds is 2. The summed E-state index contributed by atoms with van der Waals surface area (Å²) in [7, 11) is 0. The molecule has 1 aliphatic rings. The van der Waals surface area contributed by atoms with E-state index in [1.165, 1.54) is 0 Å². The monoisotopic (exact) mass is 208 g/mol. The number of halogens is 1. The second-order valence-electron chi connectivity index (χ2n) is 3.28. The Bertz CT molecular complexity index is 421. The summed E-state index contributed by atoms with van der Waals surface area (Å²) in [6, 6.07) is 5.66. The first-order valence-electron chi connectivity index (χ1n) is 4.37. The van der Waals surface area contributed by atoms with Crippen molar-refractivity contribution in [2.75, 3.05) is 0 Å². The van der Waals surface area contributed by atoms with Gasteiger partial charge in [-0.25, -0.2) is 0 Å². The molecule has 2 nitrogen and oxygen atoms in total. The molecule has 14 heavy (non-hydrogen) atoms. The predicted octanol–water partition coefficient (Wildman–Crippen LogP) is 2.75. The number of benzene rings is 1. The molecule has 0 fully saturated rings. The minimum Gasteiger partial charge on any atom is -0.481 e. The molecule has 0 radical (unpaired) electrons. The molecule has 0 atom stereocenters. The van der Waals surface area contributed by atoms with E-state index in [-0.39, 0.29) is 6.42 Å². The number of hydrogen-bond donors (Lipinski definition) is 1. The van der Waals surface area contributed by atoms with Gasteiger partial charge in [0.2, 0.25) is 0 Å². The van der Waals surface area contributed by atoms with Crippen molar-refractivity contribution in [1.82, 2.24) is 0 Å². The quantitative estimate of drug-likeness (QED) is 0.812. The lowest BCUT2D eigenvalue weighted by Crippen LogP contribution is -1.96. The van der Waals surface area contributed by atoms with Crippen LogP contribution < -0.4 is 0 Å². The maximum absolute atomic E-state index is 10.6. The maximum atomic E-state index is 10.6. The zero-order valence-electron chi connectivity index (χ0n) is 7.46. The first-order chi connectivity index (χ1) is 6.68. The molecule has 1 aromatic carbocycles. The van der Waals surface area contributed by atoms with Gasteiger partial charge in [-0.3, -0.25) is 4.79 Å². The van der Waals surface area contributed by atoms with Gasteiger partial charge in [0.05, 0.1) is 6.42 Å². The SMILES string of the molecule is O=C(O)CC1=CCc2cccc(Cl)c21. The maximum Gasteiger partial charge on any atom is 0.307 e. The van der Waals surface area contributed by atoms with Crippen LogP contribution >= 0.6 is 11.6 Å². The molecule has 1 aliphatic carbocycles. The molecule has 1 N–H and O–H groups in total. The number of aliphatic carboxylic acids is 1. The summed E-state index contributed by atoms with van der Waals surface area (Å²) in [5.74, 6) is -0.816. The molecule has 3 heteroatoms. The van der Waals surface area contributed by atoms with E-state index in [0.29, 0.717) is 5.02 Å². The first-order valence-corrected chi connectivity index (χ1v) is 4.75. The second-order valence-corrected chi connectivity index (χ2v) is 3.69. The lowest BCUT2D eigenvalue weighted by molar-refractivity contribution is -0.135. The highest BCUT2D eigenvalue weighted by Crippen LogP contribution is 2.34. The van der Waals surface area contributed by atoms with E-state index in [4.69, 9.17) is 16.7 Å². The third-order valence-corrected chi connectivity index (χ3v) is 2.65. The summed E-state index contributed by atoms with van der Waals surface area (Å²) in [4.78, 5) is 10.6. The van der Waals surface area contributed by atoms with Crippen LogP contribution in [0.3, 0.4) is 0 Å². The number of allylic oxidation sites excluding steroid dienone is 1. The van der Waals surface area contributed by atoms with Crippen molar-refractivity contribution < 1.29 is 9.90 Å². The van der Waals surface area contributed by atoms with Crippen LogP contribution in [-0.4, -0.2) is 11.1 Å². The molecule has 0 saturated carbocycles. The minimum atomic E-state index is -0.816. The Morgan fingerprint density at radius 3 is 3.00 bits per heavy atom. The van der Waals surface area contributed by atoms with E-state index in [2.05, 4.69) is 0 Å². The number of fused-ring (bicyclic) bond motifs is 1. The molecule has 0 aromatic heterocycles. The molecule has 0 spiro atoms. The fourth-order valence-electron chi connectivity index (χ4n) is 1.76. The standard InChI is InChI=1S/C11H9ClO2/c12-9-3-1-2-7-4-5-8(11(7)9)6-10(13)14/h1-3,5H,4,6H2,(H,13,14). The average molecular weight is 209 g/mol. The highest BCUT2D eigenvalue weighted by molar-refractivity contribution is 6.32. The Morgan fingerprint density at radius 2 is 2.29 bits per heavy atom. The van der Waals surface area contributed by atoms with Crippen LogP contribution in [0.2, 0.25) is 5.02 Å². The molecule has 0 bridgehead atoms. The van der Waals surface area contributed by atoms with Gasteiger partial charge >= 0.3 is 5.97 Å². The fourth-order valence-corrected chi connectivity index (χ4v) is 2.07. The van der Waals surface area contributed by atoms with E-state index in [1.54, 1.807) is 6.07 Å².